The van der Waals surface area contributed by atoms with Gasteiger partial charge in [-0.15, -0.1) is 13.2 Å². The predicted molar refractivity (Wildman–Crippen MR) is 67.0 cm³/mol. The van der Waals surface area contributed by atoms with Gasteiger partial charge in [-0.2, -0.15) is 12.6 Å². The van der Waals surface area contributed by atoms with Crippen molar-refractivity contribution in [3.63, 3.8) is 0 Å². The maximum atomic E-state index is 12.1. The quantitative estimate of drug-likeness (QED) is 0.784. The molecule has 0 saturated heterocycles. The molecule has 0 saturated carbocycles. The lowest BCUT2D eigenvalue weighted by atomic mass is 9.85. The number of benzene rings is 1. The molecule has 11 heteroatoms. The molecule has 0 aliphatic carbocycles. The predicted octanol–water partition coefficient (Wildman–Crippen LogP) is 1.36. The molecule has 1 heterocycles. The highest BCUT2D eigenvalue weighted by molar-refractivity contribution is 7.86. The molecule has 128 valence electrons. The van der Waals surface area contributed by atoms with Gasteiger partial charge < -0.3 is 14.9 Å². The Morgan fingerprint density at radius 1 is 1.39 bits per heavy atom. The number of ether oxygens (including phenoxy) is 1. The van der Waals surface area contributed by atoms with Gasteiger partial charge in [0.1, 0.15) is 11.4 Å². The van der Waals surface area contributed by atoms with Gasteiger partial charge >= 0.3 is 22.4 Å². The maximum Gasteiger partial charge on any atom is 0.537 e. The van der Waals surface area contributed by atoms with Gasteiger partial charge in [-0.05, 0) is 6.07 Å². The number of hydrogen-bond donors (Lipinski definition) is 2. The number of aliphatic carboxylic acids is 1. The summed E-state index contributed by atoms with van der Waals surface area (Å²) < 4.78 is 67.5. The highest BCUT2D eigenvalue weighted by Gasteiger charge is 2.41. The third kappa shape index (κ3) is 3.92. The minimum absolute atomic E-state index is 0.0166. The van der Waals surface area contributed by atoms with Crippen LogP contribution in [-0.2, 0) is 24.7 Å². The SMILES string of the molecule is O=C(O)CC1(O)CCOc2cc(S(=O)(=O)OC(F)(F)F)ccc21. The standard InChI is InChI=1S/C12H11F3O7S/c13-12(14,15)22-23(19,20)7-1-2-8-9(5-7)21-4-3-11(8,18)6-10(16)17/h1-2,5,18H,3-4,6H2,(H,16,17). The van der Waals surface area contributed by atoms with Gasteiger partial charge in [-0.3, -0.25) is 4.79 Å². The highest BCUT2D eigenvalue weighted by Crippen LogP contribution is 2.40. The van der Waals surface area contributed by atoms with Crippen LogP contribution < -0.4 is 4.74 Å². The van der Waals surface area contributed by atoms with Crippen molar-refractivity contribution in [3.8, 4) is 5.75 Å². The first-order valence-corrected chi connectivity index (χ1v) is 7.58. The van der Waals surface area contributed by atoms with Crippen molar-refractivity contribution in [2.75, 3.05) is 6.61 Å². The van der Waals surface area contributed by atoms with E-state index in [1.807, 2.05) is 0 Å². The zero-order chi connectivity index (χ0) is 17.5. The molecule has 0 spiro atoms. The summed E-state index contributed by atoms with van der Waals surface area (Å²) >= 11 is 0. The van der Waals surface area contributed by atoms with Gasteiger partial charge in [-0.1, -0.05) is 6.07 Å². The summed E-state index contributed by atoms with van der Waals surface area (Å²) in [5.74, 6) is -1.51. The van der Waals surface area contributed by atoms with Crippen LogP contribution in [-0.4, -0.2) is 37.6 Å². The minimum atomic E-state index is -5.39. The number of carbonyl (C=O) groups is 1. The van der Waals surface area contributed by atoms with Crippen molar-refractivity contribution in [2.45, 2.75) is 29.7 Å². The van der Waals surface area contributed by atoms with Gasteiger partial charge in [-0.25, -0.2) is 0 Å². The van der Waals surface area contributed by atoms with Crippen molar-refractivity contribution in [1.82, 2.24) is 0 Å². The molecular formula is C12H11F3O7S. The number of halogens is 3. The summed E-state index contributed by atoms with van der Waals surface area (Å²) in [5, 5.41) is 19.2. The van der Waals surface area contributed by atoms with Crippen molar-refractivity contribution in [3.05, 3.63) is 23.8 Å². The molecule has 0 radical (unpaired) electrons. The zero-order valence-corrected chi connectivity index (χ0v) is 12.1. The average Bonchev–Trinajstić information content (AvgIpc) is 2.34. The third-order valence-corrected chi connectivity index (χ3v) is 4.40. The van der Waals surface area contributed by atoms with Crippen LogP contribution in [0.15, 0.2) is 23.1 Å². The van der Waals surface area contributed by atoms with Gasteiger partial charge in [0, 0.05) is 18.1 Å². The lowest BCUT2D eigenvalue weighted by molar-refractivity contribution is -0.271. The monoisotopic (exact) mass is 356 g/mol. The fourth-order valence-electron chi connectivity index (χ4n) is 2.23. The Hall–Kier alpha value is -1.85. The molecule has 2 N–H and O–H groups in total. The Morgan fingerprint density at radius 3 is 2.61 bits per heavy atom. The summed E-state index contributed by atoms with van der Waals surface area (Å²) in [6.45, 7) is -0.125. The molecule has 1 aliphatic heterocycles. The Balaban J connectivity index is 2.42. The second kappa shape index (κ2) is 5.65. The molecule has 0 amide bonds. The maximum absolute atomic E-state index is 12.1. The van der Waals surface area contributed by atoms with E-state index in [1.54, 1.807) is 0 Å². The molecule has 1 aromatic carbocycles. The van der Waals surface area contributed by atoms with Crippen molar-refractivity contribution in [2.24, 2.45) is 0 Å². The molecule has 0 aromatic heterocycles. The summed E-state index contributed by atoms with van der Waals surface area (Å²) in [7, 11) is -5.11. The molecule has 1 atom stereocenters. The van der Waals surface area contributed by atoms with Crippen LogP contribution in [0.1, 0.15) is 18.4 Å². The van der Waals surface area contributed by atoms with E-state index < -0.39 is 39.4 Å². The average molecular weight is 356 g/mol. The number of rotatable bonds is 4. The molecule has 2 rings (SSSR count). The summed E-state index contributed by atoms with van der Waals surface area (Å²) in [6.07, 6.45) is -6.11. The van der Waals surface area contributed by atoms with E-state index in [1.165, 1.54) is 0 Å². The zero-order valence-electron chi connectivity index (χ0n) is 11.3. The van der Waals surface area contributed by atoms with Crippen molar-refractivity contribution >= 4 is 16.1 Å². The second-order valence-electron chi connectivity index (χ2n) is 4.84. The van der Waals surface area contributed by atoms with Crippen LogP contribution in [0.3, 0.4) is 0 Å². The lowest BCUT2D eigenvalue weighted by Crippen LogP contribution is -2.35. The molecular weight excluding hydrogens is 345 g/mol. The van der Waals surface area contributed by atoms with Crippen molar-refractivity contribution in [1.29, 1.82) is 0 Å². The Labute approximate surface area is 128 Å². The van der Waals surface area contributed by atoms with Crippen LogP contribution in [0, 0.1) is 0 Å². The first-order chi connectivity index (χ1) is 10.4. The molecule has 0 fully saturated rings. The fraction of sp³-hybridized carbons (Fsp3) is 0.417. The molecule has 0 bridgehead atoms. The third-order valence-electron chi connectivity index (χ3n) is 3.16. The van der Waals surface area contributed by atoms with Gasteiger partial charge in [0.2, 0.25) is 0 Å². The Morgan fingerprint density at radius 2 is 2.04 bits per heavy atom. The molecule has 1 unspecified atom stereocenters. The topological polar surface area (TPSA) is 110 Å². The molecule has 1 aliphatic rings. The van der Waals surface area contributed by atoms with E-state index in [9.17, 15) is 31.5 Å². The Bertz CT molecular complexity index is 729. The summed E-state index contributed by atoms with van der Waals surface area (Å²) in [5.41, 5.74) is -1.82. The number of alkyl halides is 3. The van der Waals surface area contributed by atoms with Crippen LogP contribution >= 0.6 is 0 Å². The largest absolute Gasteiger partial charge is 0.537 e. The normalized spacial score (nSPS) is 21.4. The fourth-order valence-corrected chi connectivity index (χ4v) is 3.06. The van der Waals surface area contributed by atoms with E-state index in [0.29, 0.717) is 0 Å². The van der Waals surface area contributed by atoms with Gasteiger partial charge in [0.15, 0.2) is 0 Å². The summed E-state index contributed by atoms with van der Waals surface area (Å²) in [6, 6.07) is 2.54. The smallest absolute Gasteiger partial charge is 0.493 e. The van der Waals surface area contributed by atoms with Gasteiger partial charge in [0.25, 0.3) is 0 Å². The number of carboxylic acid groups (broad SMARTS) is 1. The lowest BCUT2D eigenvalue weighted by Gasteiger charge is -2.33. The summed E-state index contributed by atoms with van der Waals surface area (Å²) in [4.78, 5) is 10.00. The van der Waals surface area contributed by atoms with E-state index in [4.69, 9.17) is 9.84 Å². The molecule has 1 aromatic rings. The van der Waals surface area contributed by atoms with E-state index in [-0.39, 0.29) is 24.3 Å². The molecule has 7 nitrogen and oxygen atoms in total. The first-order valence-electron chi connectivity index (χ1n) is 6.17. The van der Waals surface area contributed by atoms with Crippen LogP contribution in [0.4, 0.5) is 13.2 Å². The number of hydrogen-bond acceptors (Lipinski definition) is 6. The highest BCUT2D eigenvalue weighted by atomic mass is 32.2. The van der Waals surface area contributed by atoms with Crippen LogP contribution in [0.5, 0.6) is 5.75 Å². The van der Waals surface area contributed by atoms with Crippen LogP contribution in [0.25, 0.3) is 0 Å². The van der Waals surface area contributed by atoms with E-state index in [0.717, 1.165) is 18.2 Å². The minimum Gasteiger partial charge on any atom is -0.493 e. The number of aliphatic hydroxyl groups is 1. The van der Waals surface area contributed by atoms with E-state index >= 15 is 0 Å². The van der Waals surface area contributed by atoms with Gasteiger partial charge in [0.05, 0.1) is 17.9 Å². The van der Waals surface area contributed by atoms with Crippen LogP contribution in [0.2, 0.25) is 0 Å². The first kappa shape index (κ1) is 17.5. The van der Waals surface area contributed by atoms with E-state index in [2.05, 4.69) is 4.18 Å². The second-order valence-corrected chi connectivity index (χ2v) is 6.39. The number of carboxylic acids is 1. The van der Waals surface area contributed by atoms with Crippen molar-refractivity contribution < 1.29 is 45.5 Å². The molecule has 23 heavy (non-hydrogen) atoms. The Kier molecular flexibility index (Phi) is 4.30. The number of fused-ring (bicyclic) bond motifs is 1.